The zero-order chi connectivity index (χ0) is 8.72. The van der Waals surface area contributed by atoms with E-state index in [0.29, 0.717) is 21.1 Å². The molecule has 0 aliphatic heterocycles. The van der Waals surface area contributed by atoms with Crippen LogP contribution in [-0.4, -0.2) is 15.0 Å². The number of halogens is 2. The van der Waals surface area contributed by atoms with Crippen molar-refractivity contribution in [3.8, 4) is 0 Å². The summed E-state index contributed by atoms with van der Waals surface area (Å²) in [6, 6.07) is 0. The minimum Gasteiger partial charge on any atom is -0.220 e. The molecular formula is C6H3Cl2N3S. The number of hydrogen-bond acceptors (Lipinski definition) is 4. The van der Waals surface area contributed by atoms with E-state index < -0.39 is 0 Å². The van der Waals surface area contributed by atoms with Crippen LogP contribution in [0.25, 0.3) is 10.3 Å². The lowest BCUT2D eigenvalue weighted by Crippen LogP contribution is -1.87. The van der Waals surface area contributed by atoms with Gasteiger partial charge >= 0.3 is 0 Å². The Balaban J connectivity index is 2.88. The highest BCUT2D eigenvalue weighted by Gasteiger charge is 2.08. The standard InChI is InChI=1S/C6H3Cl2N3S/c1-2-9-4(7)3-5(10-2)11-6(8)12-3/h1H3. The Morgan fingerprint density at radius 2 is 1.92 bits per heavy atom. The Hall–Kier alpha value is -0.450. The second kappa shape index (κ2) is 2.80. The lowest BCUT2D eigenvalue weighted by atomic mass is 10.6. The number of aryl methyl sites for hydroxylation is 1. The molecule has 0 saturated heterocycles. The Morgan fingerprint density at radius 3 is 2.67 bits per heavy atom. The highest BCUT2D eigenvalue weighted by molar-refractivity contribution is 7.22. The number of rotatable bonds is 0. The smallest absolute Gasteiger partial charge is 0.186 e. The van der Waals surface area contributed by atoms with Crippen molar-refractivity contribution < 1.29 is 0 Å². The highest BCUT2D eigenvalue weighted by Crippen LogP contribution is 2.28. The second-order valence-electron chi connectivity index (χ2n) is 2.18. The van der Waals surface area contributed by atoms with E-state index in [1.54, 1.807) is 6.92 Å². The van der Waals surface area contributed by atoms with Crippen LogP contribution in [0.3, 0.4) is 0 Å². The maximum absolute atomic E-state index is 5.84. The molecule has 0 bridgehead atoms. The molecule has 62 valence electrons. The molecule has 0 fully saturated rings. The van der Waals surface area contributed by atoms with Gasteiger partial charge in [-0.2, -0.15) is 0 Å². The Kier molecular flexibility index (Phi) is 1.90. The molecule has 2 aromatic rings. The fourth-order valence-corrected chi connectivity index (χ4v) is 2.12. The van der Waals surface area contributed by atoms with E-state index in [1.807, 2.05) is 0 Å². The first-order chi connectivity index (χ1) is 5.66. The monoisotopic (exact) mass is 219 g/mol. The molecule has 6 heteroatoms. The van der Waals surface area contributed by atoms with Gasteiger partial charge in [-0.1, -0.05) is 34.5 Å². The fourth-order valence-electron chi connectivity index (χ4n) is 0.868. The summed E-state index contributed by atoms with van der Waals surface area (Å²) < 4.78 is 1.18. The van der Waals surface area contributed by atoms with Crippen LogP contribution >= 0.6 is 34.5 Å². The van der Waals surface area contributed by atoms with Crippen molar-refractivity contribution in [1.82, 2.24) is 15.0 Å². The zero-order valence-corrected chi connectivity index (χ0v) is 8.33. The Bertz CT molecular complexity index is 440. The van der Waals surface area contributed by atoms with Gasteiger partial charge in [0.25, 0.3) is 0 Å². The summed E-state index contributed by atoms with van der Waals surface area (Å²) in [6.45, 7) is 1.76. The maximum atomic E-state index is 5.84. The fraction of sp³-hybridized carbons (Fsp3) is 0.167. The van der Waals surface area contributed by atoms with Gasteiger partial charge in [-0.3, -0.25) is 0 Å². The summed E-state index contributed by atoms with van der Waals surface area (Å²) in [6.07, 6.45) is 0. The summed E-state index contributed by atoms with van der Waals surface area (Å²) in [5, 5.41) is 0.418. The molecule has 0 aliphatic rings. The zero-order valence-electron chi connectivity index (χ0n) is 6.01. The third-order valence-corrected chi connectivity index (χ3v) is 2.84. The molecule has 2 rings (SSSR count). The van der Waals surface area contributed by atoms with Crippen LogP contribution in [0.4, 0.5) is 0 Å². The molecule has 0 saturated carbocycles. The number of nitrogens with zero attached hydrogens (tertiary/aromatic N) is 3. The van der Waals surface area contributed by atoms with Crippen molar-refractivity contribution in [3.05, 3.63) is 15.4 Å². The first-order valence-corrected chi connectivity index (χ1v) is 4.70. The molecule has 0 spiro atoms. The van der Waals surface area contributed by atoms with Crippen molar-refractivity contribution in [3.63, 3.8) is 0 Å². The van der Waals surface area contributed by atoms with Crippen molar-refractivity contribution >= 4 is 44.9 Å². The average molecular weight is 220 g/mol. The Labute approximate surface area is 82.4 Å². The molecule has 0 aromatic carbocycles. The molecule has 0 amide bonds. The normalized spacial score (nSPS) is 10.9. The molecular weight excluding hydrogens is 217 g/mol. The third-order valence-electron chi connectivity index (χ3n) is 1.30. The first-order valence-electron chi connectivity index (χ1n) is 3.13. The van der Waals surface area contributed by atoms with Gasteiger partial charge in [0.05, 0.1) is 0 Å². The second-order valence-corrected chi connectivity index (χ2v) is 4.12. The summed E-state index contributed by atoms with van der Waals surface area (Å²) >= 11 is 12.8. The van der Waals surface area contributed by atoms with E-state index >= 15 is 0 Å². The van der Waals surface area contributed by atoms with Gasteiger partial charge in [-0.15, -0.1) is 0 Å². The Morgan fingerprint density at radius 1 is 1.17 bits per heavy atom. The molecule has 0 atom stereocenters. The SMILES string of the molecule is Cc1nc(Cl)c2sc(Cl)nc2n1. The number of thiazole rings is 1. The van der Waals surface area contributed by atoms with E-state index in [4.69, 9.17) is 23.2 Å². The largest absolute Gasteiger partial charge is 0.220 e. The van der Waals surface area contributed by atoms with Crippen LogP contribution in [0.2, 0.25) is 9.62 Å². The van der Waals surface area contributed by atoms with Gasteiger partial charge in [-0.25, -0.2) is 15.0 Å². The van der Waals surface area contributed by atoms with Crippen molar-refractivity contribution in [2.45, 2.75) is 6.92 Å². The van der Waals surface area contributed by atoms with E-state index in [1.165, 1.54) is 11.3 Å². The average Bonchev–Trinajstić information content (AvgIpc) is 2.29. The van der Waals surface area contributed by atoms with E-state index in [9.17, 15) is 0 Å². The number of fused-ring (bicyclic) bond motifs is 1. The van der Waals surface area contributed by atoms with Gasteiger partial charge < -0.3 is 0 Å². The van der Waals surface area contributed by atoms with Gasteiger partial charge in [0.2, 0.25) is 0 Å². The first kappa shape index (κ1) is 8.16. The van der Waals surface area contributed by atoms with Gasteiger partial charge in [0, 0.05) is 0 Å². The molecule has 0 aliphatic carbocycles. The van der Waals surface area contributed by atoms with Crippen molar-refractivity contribution in [2.75, 3.05) is 0 Å². The van der Waals surface area contributed by atoms with Crippen LogP contribution < -0.4 is 0 Å². The molecule has 2 heterocycles. The van der Waals surface area contributed by atoms with E-state index in [2.05, 4.69) is 15.0 Å². The summed E-state index contributed by atoms with van der Waals surface area (Å²) in [7, 11) is 0. The molecule has 2 aromatic heterocycles. The van der Waals surface area contributed by atoms with Gasteiger partial charge in [0.1, 0.15) is 10.5 Å². The summed E-state index contributed by atoms with van der Waals surface area (Å²) in [4.78, 5) is 12.0. The van der Waals surface area contributed by atoms with Crippen molar-refractivity contribution in [1.29, 1.82) is 0 Å². The highest BCUT2D eigenvalue weighted by atomic mass is 35.5. The van der Waals surface area contributed by atoms with Crippen LogP contribution in [0.15, 0.2) is 0 Å². The van der Waals surface area contributed by atoms with E-state index in [0.717, 1.165) is 4.70 Å². The van der Waals surface area contributed by atoms with Crippen LogP contribution in [0.5, 0.6) is 0 Å². The minimum absolute atomic E-state index is 0.418. The number of hydrogen-bond donors (Lipinski definition) is 0. The third kappa shape index (κ3) is 1.26. The van der Waals surface area contributed by atoms with Gasteiger partial charge in [0.15, 0.2) is 15.3 Å². The molecule has 12 heavy (non-hydrogen) atoms. The number of aromatic nitrogens is 3. The predicted octanol–water partition coefficient (Wildman–Crippen LogP) is 2.70. The van der Waals surface area contributed by atoms with E-state index in [-0.39, 0.29) is 0 Å². The van der Waals surface area contributed by atoms with Crippen LogP contribution in [-0.2, 0) is 0 Å². The molecule has 0 N–H and O–H groups in total. The van der Waals surface area contributed by atoms with Gasteiger partial charge in [-0.05, 0) is 6.92 Å². The van der Waals surface area contributed by atoms with Crippen molar-refractivity contribution in [2.24, 2.45) is 0 Å². The predicted molar refractivity (Wildman–Crippen MR) is 50.0 cm³/mol. The summed E-state index contributed by atoms with van der Waals surface area (Å²) in [5.74, 6) is 0.606. The maximum Gasteiger partial charge on any atom is 0.186 e. The molecule has 3 nitrogen and oxygen atoms in total. The molecule has 0 unspecified atom stereocenters. The minimum atomic E-state index is 0.418. The van der Waals surface area contributed by atoms with Crippen LogP contribution in [0, 0.1) is 6.92 Å². The van der Waals surface area contributed by atoms with Crippen LogP contribution in [0.1, 0.15) is 5.82 Å². The quantitative estimate of drug-likeness (QED) is 0.640. The molecule has 0 radical (unpaired) electrons. The summed E-state index contributed by atoms with van der Waals surface area (Å²) in [5.41, 5.74) is 0.572. The lowest BCUT2D eigenvalue weighted by molar-refractivity contribution is 1.08. The topological polar surface area (TPSA) is 38.7 Å². The lowest BCUT2D eigenvalue weighted by Gasteiger charge is -1.92.